The molecule has 3 unspecified atom stereocenters. The van der Waals surface area contributed by atoms with Gasteiger partial charge in [0.1, 0.15) is 0 Å². The second-order valence-corrected chi connectivity index (χ2v) is 7.70. The molecule has 3 atom stereocenters. The third kappa shape index (κ3) is 1.76. The molecule has 0 amide bonds. The maximum Gasteiger partial charge on any atom is 0.0737 e. The van der Waals surface area contributed by atoms with E-state index in [9.17, 15) is 4.21 Å². The molecule has 0 radical (unpaired) electrons. The first-order valence-electron chi connectivity index (χ1n) is 7.19. The Morgan fingerprint density at radius 1 is 1.25 bits per heavy atom. The molecule has 1 saturated heterocycles. The van der Waals surface area contributed by atoms with Gasteiger partial charge in [-0.25, -0.2) is 0 Å². The fraction of sp³-hybridized carbons (Fsp3) is 0.353. The predicted molar refractivity (Wildman–Crippen MR) is 84.0 cm³/mol. The Bertz CT molecular complexity index is 750. The van der Waals surface area contributed by atoms with Crippen molar-refractivity contribution in [3.63, 3.8) is 0 Å². The molecule has 1 aromatic heterocycles. The molecule has 3 heteroatoms. The van der Waals surface area contributed by atoms with Crippen LogP contribution in [0, 0.1) is 6.92 Å². The Morgan fingerprint density at radius 2 is 2.15 bits per heavy atom. The fourth-order valence-corrected chi connectivity index (χ4v) is 5.41. The van der Waals surface area contributed by atoms with Gasteiger partial charge in [-0.3, -0.25) is 9.19 Å². The first kappa shape index (κ1) is 12.3. The number of aromatic nitrogens is 1. The van der Waals surface area contributed by atoms with Gasteiger partial charge in [0.05, 0.1) is 10.8 Å². The Morgan fingerprint density at radius 3 is 3.00 bits per heavy atom. The van der Waals surface area contributed by atoms with E-state index in [0.29, 0.717) is 5.25 Å². The number of benzene rings is 1. The first-order chi connectivity index (χ1) is 9.74. The van der Waals surface area contributed by atoms with E-state index in [1.54, 1.807) is 0 Å². The second kappa shape index (κ2) is 4.52. The van der Waals surface area contributed by atoms with Gasteiger partial charge < -0.3 is 0 Å². The molecule has 0 spiro atoms. The largest absolute Gasteiger partial charge is 0.259 e. The van der Waals surface area contributed by atoms with Crippen molar-refractivity contribution in [1.82, 2.24) is 4.98 Å². The summed E-state index contributed by atoms with van der Waals surface area (Å²) < 4.78 is 12.1. The van der Waals surface area contributed by atoms with Gasteiger partial charge in [0.2, 0.25) is 0 Å². The van der Waals surface area contributed by atoms with Crippen molar-refractivity contribution >= 4 is 27.3 Å². The van der Waals surface area contributed by atoms with Crippen LogP contribution in [0.4, 0.5) is 0 Å². The van der Waals surface area contributed by atoms with Gasteiger partial charge in [-0.1, -0.05) is 24.3 Å². The lowest BCUT2D eigenvalue weighted by atomic mass is 9.94. The molecule has 1 fully saturated rings. The van der Waals surface area contributed by atoms with E-state index in [-0.39, 0.29) is 5.25 Å². The van der Waals surface area contributed by atoms with Crippen LogP contribution in [0.1, 0.15) is 30.4 Å². The van der Waals surface area contributed by atoms with Gasteiger partial charge in [-0.15, -0.1) is 0 Å². The molecule has 2 aliphatic heterocycles. The Hall–Kier alpha value is -1.48. The van der Waals surface area contributed by atoms with E-state index >= 15 is 0 Å². The predicted octanol–water partition coefficient (Wildman–Crippen LogP) is 3.61. The summed E-state index contributed by atoms with van der Waals surface area (Å²) >= 11 is 0. The van der Waals surface area contributed by atoms with Crippen LogP contribution in [0.5, 0.6) is 0 Å². The first-order valence-corrected chi connectivity index (χ1v) is 8.46. The number of rotatable bonds is 1. The van der Waals surface area contributed by atoms with Gasteiger partial charge >= 0.3 is 0 Å². The van der Waals surface area contributed by atoms with Crippen molar-refractivity contribution in [3.05, 3.63) is 47.7 Å². The number of nitrogens with zero attached hydrogens (tertiary/aromatic N) is 1. The van der Waals surface area contributed by atoms with Crippen LogP contribution < -0.4 is 0 Å². The van der Waals surface area contributed by atoms with Crippen LogP contribution in [-0.2, 0) is 10.8 Å². The molecule has 0 saturated carbocycles. The number of hydrogen-bond donors (Lipinski definition) is 0. The lowest BCUT2D eigenvalue weighted by Crippen LogP contribution is -2.20. The smallest absolute Gasteiger partial charge is 0.0737 e. The van der Waals surface area contributed by atoms with Crippen molar-refractivity contribution in [1.29, 1.82) is 0 Å². The third-order valence-corrected chi connectivity index (χ3v) is 6.64. The van der Waals surface area contributed by atoms with Crippen molar-refractivity contribution in [2.75, 3.05) is 0 Å². The summed E-state index contributed by atoms with van der Waals surface area (Å²) in [5.41, 5.74) is 5.01. The summed E-state index contributed by atoms with van der Waals surface area (Å²) in [6.45, 7) is 2.15. The van der Waals surface area contributed by atoms with Crippen molar-refractivity contribution in [2.24, 2.45) is 0 Å². The van der Waals surface area contributed by atoms with E-state index < -0.39 is 10.8 Å². The average Bonchev–Trinajstić information content (AvgIpc) is 2.70. The van der Waals surface area contributed by atoms with Gasteiger partial charge in [0.15, 0.2) is 0 Å². The number of hydrogen-bond acceptors (Lipinski definition) is 2. The minimum atomic E-state index is -0.639. The standard InChI is InChI=1S/C17H17NOS/c1-11-16(7-4-12-3-2-8-18-17(11)12)13-9-14-5-6-15(10-13)20(14)19/h2-4,7-9,14-15H,5-6,10H2,1H3. The highest BCUT2D eigenvalue weighted by Crippen LogP contribution is 2.40. The van der Waals surface area contributed by atoms with E-state index in [2.05, 4.69) is 36.2 Å². The normalized spacial score (nSPS) is 28.6. The van der Waals surface area contributed by atoms with Gasteiger partial charge in [0, 0.05) is 27.6 Å². The molecule has 20 heavy (non-hydrogen) atoms. The minimum Gasteiger partial charge on any atom is -0.259 e. The Kier molecular flexibility index (Phi) is 2.77. The Balaban J connectivity index is 1.85. The maximum atomic E-state index is 12.1. The third-order valence-electron chi connectivity index (χ3n) is 4.61. The monoisotopic (exact) mass is 283 g/mol. The lowest BCUT2D eigenvalue weighted by molar-refractivity contribution is 0.674. The number of pyridine rings is 1. The van der Waals surface area contributed by atoms with E-state index in [4.69, 9.17) is 0 Å². The second-order valence-electron chi connectivity index (χ2n) is 5.78. The van der Waals surface area contributed by atoms with Crippen molar-refractivity contribution < 1.29 is 4.21 Å². The molecule has 4 rings (SSSR count). The summed E-state index contributed by atoms with van der Waals surface area (Å²) in [4.78, 5) is 4.52. The zero-order chi connectivity index (χ0) is 13.7. The molecule has 0 N–H and O–H groups in total. The number of allylic oxidation sites excluding steroid dienone is 1. The number of aryl methyl sites for hydroxylation is 1. The highest BCUT2D eigenvalue weighted by atomic mass is 32.2. The topological polar surface area (TPSA) is 30.0 Å². The lowest BCUT2D eigenvalue weighted by Gasteiger charge is -2.21. The number of fused-ring (bicyclic) bond motifs is 3. The minimum absolute atomic E-state index is 0.280. The van der Waals surface area contributed by atoms with Crippen LogP contribution in [0.15, 0.2) is 36.5 Å². The molecular formula is C17H17NOS. The van der Waals surface area contributed by atoms with E-state index in [1.807, 2.05) is 12.3 Å². The maximum absolute atomic E-state index is 12.1. The molecule has 2 aliphatic rings. The van der Waals surface area contributed by atoms with E-state index in [0.717, 1.165) is 24.8 Å². The molecule has 2 aromatic rings. The molecule has 3 heterocycles. The van der Waals surface area contributed by atoms with Gasteiger partial charge in [-0.2, -0.15) is 0 Å². The molecular weight excluding hydrogens is 266 g/mol. The van der Waals surface area contributed by atoms with Crippen LogP contribution in [0.2, 0.25) is 0 Å². The molecule has 102 valence electrons. The summed E-state index contributed by atoms with van der Waals surface area (Å²) in [7, 11) is -0.639. The quantitative estimate of drug-likeness (QED) is 0.800. The molecule has 2 nitrogen and oxygen atoms in total. The SMILES string of the molecule is Cc1c(C2=CC3CCC(C2)S3=O)ccc2cccnc12. The van der Waals surface area contributed by atoms with Gasteiger partial charge in [-0.05, 0) is 49.0 Å². The fourth-order valence-electron chi connectivity index (χ4n) is 3.54. The van der Waals surface area contributed by atoms with Crippen LogP contribution in [0.3, 0.4) is 0 Å². The Labute approximate surface area is 121 Å². The summed E-state index contributed by atoms with van der Waals surface area (Å²) in [5, 5.41) is 1.85. The van der Waals surface area contributed by atoms with Crippen LogP contribution in [-0.4, -0.2) is 19.7 Å². The van der Waals surface area contributed by atoms with Crippen LogP contribution in [0.25, 0.3) is 16.5 Å². The highest BCUT2D eigenvalue weighted by molar-refractivity contribution is 7.86. The van der Waals surface area contributed by atoms with Crippen LogP contribution >= 0.6 is 0 Å². The molecule has 0 aliphatic carbocycles. The summed E-state index contributed by atoms with van der Waals surface area (Å²) in [5.74, 6) is 0. The molecule has 2 bridgehead atoms. The zero-order valence-corrected chi connectivity index (χ0v) is 12.3. The highest BCUT2D eigenvalue weighted by Gasteiger charge is 2.36. The summed E-state index contributed by atoms with van der Waals surface area (Å²) in [6.07, 6.45) is 7.28. The average molecular weight is 283 g/mol. The van der Waals surface area contributed by atoms with E-state index in [1.165, 1.54) is 22.1 Å². The zero-order valence-electron chi connectivity index (χ0n) is 11.5. The van der Waals surface area contributed by atoms with Gasteiger partial charge in [0.25, 0.3) is 0 Å². The van der Waals surface area contributed by atoms with Crippen molar-refractivity contribution in [3.8, 4) is 0 Å². The molecule has 1 aromatic carbocycles. The van der Waals surface area contributed by atoms with Crippen molar-refractivity contribution in [2.45, 2.75) is 36.7 Å². The summed E-state index contributed by atoms with van der Waals surface area (Å²) in [6, 6.07) is 8.44.